The van der Waals surface area contributed by atoms with Crippen molar-refractivity contribution in [3.63, 3.8) is 0 Å². The fourth-order valence-corrected chi connectivity index (χ4v) is 2.55. The largest absolute Gasteiger partial charge is 0.314 e. The topological polar surface area (TPSA) is 12.0 Å². The molecule has 2 heteroatoms. The first kappa shape index (κ1) is 11.6. The highest BCUT2D eigenvalue weighted by Crippen LogP contribution is 2.25. The van der Waals surface area contributed by atoms with E-state index in [1.807, 2.05) is 12.1 Å². The predicted octanol–water partition coefficient (Wildman–Crippen LogP) is 3.46. The van der Waals surface area contributed by atoms with Crippen LogP contribution < -0.4 is 5.32 Å². The Labute approximate surface area is 97.1 Å². The van der Waals surface area contributed by atoms with Gasteiger partial charge in [-0.05, 0) is 43.4 Å². The predicted molar refractivity (Wildman–Crippen MR) is 65.1 cm³/mol. The maximum absolute atomic E-state index is 13.6. The lowest BCUT2D eigenvalue weighted by molar-refractivity contribution is 0.363. The van der Waals surface area contributed by atoms with Crippen molar-refractivity contribution in [1.82, 2.24) is 5.32 Å². The molecule has 0 bridgehead atoms. The summed E-state index contributed by atoms with van der Waals surface area (Å²) in [6.07, 6.45) is 4.87. The van der Waals surface area contributed by atoms with E-state index in [-0.39, 0.29) is 5.82 Å². The summed E-state index contributed by atoms with van der Waals surface area (Å²) >= 11 is 0. The number of rotatable bonds is 3. The van der Waals surface area contributed by atoms with Gasteiger partial charge in [-0.15, -0.1) is 0 Å². The highest BCUT2D eigenvalue weighted by atomic mass is 19.1. The van der Waals surface area contributed by atoms with E-state index in [0.717, 1.165) is 18.5 Å². The quantitative estimate of drug-likeness (QED) is 0.824. The van der Waals surface area contributed by atoms with Gasteiger partial charge in [-0.1, -0.05) is 31.5 Å². The zero-order chi connectivity index (χ0) is 11.4. The molecule has 2 rings (SSSR count). The van der Waals surface area contributed by atoms with Gasteiger partial charge in [0.1, 0.15) is 5.82 Å². The fraction of sp³-hybridized carbons (Fsp3) is 0.571. The maximum Gasteiger partial charge on any atom is 0.126 e. The van der Waals surface area contributed by atoms with Crippen LogP contribution in [0.25, 0.3) is 0 Å². The van der Waals surface area contributed by atoms with Gasteiger partial charge in [0.05, 0.1) is 0 Å². The molecule has 88 valence electrons. The minimum absolute atomic E-state index is 0.0641. The third-order valence-electron chi connectivity index (χ3n) is 3.49. The van der Waals surface area contributed by atoms with Gasteiger partial charge in [-0.25, -0.2) is 4.39 Å². The molecule has 1 aliphatic heterocycles. The van der Waals surface area contributed by atoms with Gasteiger partial charge in [0.25, 0.3) is 0 Å². The van der Waals surface area contributed by atoms with E-state index < -0.39 is 0 Å². The second-order valence-corrected chi connectivity index (χ2v) is 4.81. The first-order valence-electron chi connectivity index (χ1n) is 6.25. The molecule has 0 spiro atoms. The summed E-state index contributed by atoms with van der Waals surface area (Å²) in [6.45, 7) is 3.24. The monoisotopic (exact) mass is 221 g/mol. The standard InChI is InChI=1S/C14H20FN/c1-11(10-12-6-4-5-9-16-12)13-7-2-3-8-14(13)15/h2-3,7-8,11-12,16H,4-6,9-10H2,1H3. The van der Waals surface area contributed by atoms with Crippen molar-refractivity contribution in [2.24, 2.45) is 0 Å². The first-order valence-corrected chi connectivity index (χ1v) is 6.25. The van der Waals surface area contributed by atoms with Crippen molar-refractivity contribution < 1.29 is 4.39 Å². The lowest BCUT2D eigenvalue weighted by Gasteiger charge is -2.26. The van der Waals surface area contributed by atoms with E-state index in [9.17, 15) is 4.39 Å². The van der Waals surface area contributed by atoms with Gasteiger partial charge < -0.3 is 5.32 Å². The molecule has 0 aromatic heterocycles. The Hall–Kier alpha value is -0.890. The van der Waals surface area contributed by atoms with E-state index in [1.54, 1.807) is 12.1 Å². The Kier molecular flexibility index (Phi) is 3.94. The summed E-state index contributed by atoms with van der Waals surface area (Å²) in [7, 11) is 0. The van der Waals surface area contributed by atoms with Crippen molar-refractivity contribution in [1.29, 1.82) is 0 Å². The third kappa shape index (κ3) is 2.82. The van der Waals surface area contributed by atoms with Crippen molar-refractivity contribution in [3.05, 3.63) is 35.6 Å². The lowest BCUT2D eigenvalue weighted by atomic mass is 9.90. The molecule has 2 unspecified atom stereocenters. The molecule has 1 heterocycles. The van der Waals surface area contributed by atoms with Crippen LogP contribution in [0.1, 0.15) is 44.1 Å². The molecule has 1 aliphatic rings. The molecular weight excluding hydrogens is 201 g/mol. The van der Waals surface area contributed by atoms with Crippen molar-refractivity contribution in [3.8, 4) is 0 Å². The molecule has 0 aliphatic carbocycles. The SMILES string of the molecule is CC(CC1CCCCN1)c1ccccc1F. The van der Waals surface area contributed by atoms with Crippen molar-refractivity contribution >= 4 is 0 Å². The average Bonchev–Trinajstić information content (AvgIpc) is 2.31. The van der Waals surface area contributed by atoms with Crippen LogP contribution in [0, 0.1) is 5.82 Å². The van der Waals surface area contributed by atoms with Crippen LogP contribution >= 0.6 is 0 Å². The molecule has 1 aromatic carbocycles. The minimum Gasteiger partial charge on any atom is -0.314 e. The molecule has 0 radical (unpaired) electrons. The smallest absolute Gasteiger partial charge is 0.126 e. The molecule has 1 N–H and O–H groups in total. The summed E-state index contributed by atoms with van der Waals surface area (Å²) in [6, 6.07) is 7.71. The Bertz CT molecular complexity index is 331. The Morgan fingerprint density at radius 1 is 1.38 bits per heavy atom. The number of hydrogen-bond acceptors (Lipinski definition) is 1. The highest BCUT2D eigenvalue weighted by molar-refractivity contribution is 5.21. The van der Waals surface area contributed by atoms with Crippen LogP contribution in [-0.4, -0.2) is 12.6 Å². The Morgan fingerprint density at radius 3 is 2.88 bits per heavy atom. The van der Waals surface area contributed by atoms with Gasteiger partial charge in [-0.3, -0.25) is 0 Å². The summed E-state index contributed by atoms with van der Waals surface area (Å²) in [5, 5.41) is 3.52. The maximum atomic E-state index is 13.6. The van der Waals surface area contributed by atoms with E-state index >= 15 is 0 Å². The fourth-order valence-electron chi connectivity index (χ4n) is 2.55. The number of piperidine rings is 1. The minimum atomic E-state index is -0.0641. The molecule has 0 saturated carbocycles. The number of benzene rings is 1. The van der Waals surface area contributed by atoms with Crippen LogP contribution in [0.15, 0.2) is 24.3 Å². The van der Waals surface area contributed by atoms with Gasteiger partial charge in [0.15, 0.2) is 0 Å². The average molecular weight is 221 g/mol. The van der Waals surface area contributed by atoms with Crippen molar-refractivity contribution in [2.45, 2.75) is 44.6 Å². The lowest BCUT2D eigenvalue weighted by Crippen LogP contribution is -2.34. The van der Waals surface area contributed by atoms with Crippen LogP contribution in [0.5, 0.6) is 0 Å². The molecule has 2 atom stereocenters. The van der Waals surface area contributed by atoms with Gasteiger partial charge in [-0.2, -0.15) is 0 Å². The van der Waals surface area contributed by atoms with E-state index in [1.165, 1.54) is 19.3 Å². The van der Waals surface area contributed by atoms with Crippen LogP contribution in [-0.2, 0) is 0 Å². The molecule has 1 fully saturated rings. The number of nitrogens with one attached hydrogen (secondary N) is 1. The zero-order valence-corrected chi connectivity index (χ0v) is 9.88. The van der Waals surface area contributed by atoms with Crippen molar-refractivity contribution in [2.75, 3.05) is 6.54 Å². The summed E-state index contributed by atoms with van der Waals surface area (Å²) < 4.78 is 13.6. The van der Waals surface area contributed by atoms with E-state index in [4.69, 9.17) is 0 Å². The second-order valence-electron chi connectivity index (χ2n) is 4.81. The Morgan fingerprint density at radius 2 is 2.19 bits per heavy atom. The molecule has 1 nitrogen and oxygen atoms in total. The van der Waals surface area contributed by atoms with E-state index in [2.05, 4.69) is 12.2 Å². The summed E-state index contributed by atoms with van der Waals surface area (Å²) in [4.78, 5) is 0. The number of hydrogen-bond donors (Lipinski definition) is 1. The molecular formula is C14H20FN. The van der Waals surface area contributed by atoms with Gasteiger partial charge in [0.2, 0.25) is 0 Å². The van der Waals surface area contributed by atoms with Crippen LogP contribution in [0.2, 0.25) is 0 Å². The first-order chi connectivity index (χ1) is 7.77. The summed E-state index contributed by atoms with van der Waals surface area (Å²) in [5.74, 6) is 0.239. The second kappa shape index (κ2) is 5.44. The van der Waals surface area contributed by atoms with Gasteiger partial charge in [0, 0.05) is 6.04 Å². The number of halogens is 1. The third-order valence-corrected chi connectivity index (χ3v) is 3.49. The van der Waals surface area contributed by atoms with E-state index in [0.29, 0.717) is 12.0 Å². The highest BCUT2D eigenvalue weighted by Gasteiger charge is 2.18. The normalized spacial score (nSPS) is 23.0. The molecule has 16 heavy (non-hydrogen) atoms. The Balaban J connectivity index is 1.96. The van der Waals surface area contributed by atoms with Crippen LogP contribution in [0.4, 0.5) is 4.39 Å². The van der Waals surface area contributed by atoms with Gasteiger partial charge >= 0.3 is 0 Å². The van der Waals surface area contributed by atoms with Crippen LogP contribution in [0.3, 0.4) is 0 Å². The summed E-state index contributed by atoms with van der Waals surface area (Å²) in [5.41, 5.74) is 0.856. The molecule has 1 saturated heterocycles. The zero-order valence-electron chi connectivity index (χ0n) is 9.88. The molecule has 1 aromatic rings. The molecule has 0 amide bonds.